The van der Waals surface area contributed by atoms with Crippen molar-refractivity contribution in [3.8, 4) is 5.75 Å². The zero-order valence-electron chi connectivity index (χ0n) is 14.6. The Bertz CT molecular complexity index is 924. The lowest BCUT2D eigenvalue weighted by Gasteiger charge is -2.11. The summed E-state index contributed by atoms with van der Waals surface area (Å²) < 4.78 is 19.4. The number of carbonyl (C=O) groups excluding carboxylic acids is 1. The van der Waals surface area contributed by atoms with Crippen molar-refractivity contribution in [1.82, 2.24) is 10.3 Å². The molecule has 2 aromatic carbocycles. The largest absolute Gasteiger partial charge is 0.486 e. The molecule has 3 aromatic rings. The normalized spacial score (nSPS) is 10.6. The number of nitrogens with zero attached hydrogens (tertiary/aromatic N) is 1. The summed E-state index contributed by atoms with van der Waals surface area (Å²) in [6.45, 7) is 4.19. The molecule has 134 valence electrons. The van der Waals surface area contributed by atoms with E-state index in [-0.39, 0.29) is 18.3 Å². The average Bonchev–Trinajstić information content (AvgIpc) is 3.06. The summed E-state index contributed by atoms with van der Waals surface area (Å²) in [6.07, 6.45) is 0. The fourth-order valence-electron chi connectivity index (χ4n) is 2.43. The molecule has 0 saturated carbocycles. The van der Waals surface area contributed by atoms with E-state index in [2.05, 4.69) is 10.3 Å². The van der Waals surface area contributed by atoms with Crippen LogP contribution in [-0.2, 0) is 13.2 Å². The molecule has 3 rings (SSSR count). The van der Waals surface area contributed by atoms with Gasteiger partial charge in [0, 0.05) is 11.9 Å². The van der Waals surface area contributed by atoms with Gasteiger partial charge in [-0.3, -0.25) is 4.79 Å². The van der Waals surface area contributed by atoms with E-state index in [1.54, 1.807) is 48.6 Å². The Kier molecular flexibility index (Phi) is 5.63. The number of para-hydroxylation sites is 1. The summed E-state index contributed by atoms with van der Waals surface area (Å²) in [5.41, 5.74) is 2.55. The smallest absolute Gasteiger partial charge is 0.255 e. The first-order valence-corrected chi connectivity index (χ1v) is 9.07. The maximum Gasteiger partial charge on any atom is 0.255 e. The Balaban J connectivity index is 1.66. The third kappa shape index (κ3) is 4.46. The Labute approximate surface area is 155 Å². The maximum atomic E-state index is 13.6. The van der Waals surface area contributed by atoms with Gasteiger partial charge in [-0.15, -0.1) is 11.3 Å². The first-order chi connectivity index (χ1) is 12.5. The van der Waals surface area contributed by atoms with Gasteiger partial charge in [0.25, 0.3) is 5.91 Å². The topological polar surface area (TPSA) is 51.2 Å². The lowest BCUT2D eigenvalue weighted by atomic mass is 10.1. The highest BCUT2D eigenvalue weighted by atomic mass is 32.1. The van der Waals surface area contributed by atoms with E-state index in [1.165, 1.54) is 6.07 Å². The summed E-state index contributed by atoms with van der Waals surface area (Å²) in [5, 5.41) is 5.71. The number of aryl methyl sites for hydroxylation is 2. The molecule has 1 aromatic heterocycles. The van der Waals surface area contributed by atoms with Gasteiger partial charge in [0.1, 0.15) is 18.2 Å². The van der Waals surface area contributed by atoms with E-state index in [4.69, 9.17) is 4.74 Å². The summed E-state index contributed by atoms with van der Waals surface area (Å²) in [6, 6.07) is 12.0. The van der Waals surface area contributed by atoms with Crippen LogP contribution < -0.4 is 10.1 Å². The zero-order valence-corrected chi connectivity index (χ0v) is 15.4. The molecule has 0 aliphatic carbocycles. The van der Waals surface area contributed by atoms with Crippen molar-refractivity contribution in [2.75, 3.05) is 0 Å². The molecule has 0 bridgehead atoms. The quantitative estimate of drug-likeness (QED) is 0.699. The number of aromatic nitrogens is 1. The second-order valence-electron chi connectivity index (χ2n) is 5.91. The predicted octanol–water partition coefficient (Wildman–Crippen LogP) is 4.41. The first-order valence-electron chi connectivity index (χ1n) is 8.19. The van der Waals surface area contributed by atoms with Crippen LogP contribution in [0, 0.1) is 19.7 Å². The van der Waals surface area contributed by atoms with Gasteiger partial charge in [-0.1, -0.05) is 24.3 Å². The van der Waals surface area contributed by atoms with Crippen LogP contribution >= 0.6 is 11.3 Å². The van der Waals surface area contributed by atoms with Gasteiger partial charge in [-0.25, -0.2) is 9.37 Å². The Morgan fingerprint density at radius 1 is 1.23 bits per heavy atom. The average molecular weight is 370 g/mol. The minimum Gasteiger partial charge on any atom is -0.486 e. The number of amides is 1. The second-order valence-corrected chi connectivity index (χ2v) is 6.97. The van der Waals surface area contributed by atoms with E-state index in [0.29, 0.717) is 29.0 Å². The molecule has 0 fully saturated rings. The highest BCUT2D eigenvalue weighted by molar-refractivity contribution is 7.09. The van der Waals surface area contributed by atoms with E-state index in [0.717, 1.165) is 10.7 Å². The molecule has 0 saturated heterocycles. The van der Waals surface area contributed by atoms with Gasteiger partial charge in [0.2, 0.25) is 0 Å². The number of ether oxygens (including phenoxy) is 1. The molecule has 0 unspecified atom stereocenters. The standard InChI is InChI=1S/C20H19FN2O2S/c1-13-7-8-15(9-18(13)21)10-22-20(24)17-5-3-4-6-19(17)25-11-16-12-26-14(2)23-16/h3-9,12H,10-11H2,1-2H3,(H,22,24). The first kappa shape index (κ1) is 18.1. The van der Waals surface area contributed by atoms with Crippen molar-refractivity contribution < 1.29 is 13.9 Å². The van der Waals surface area contributed by atoms with Crippen LogP contribution in [0.3, 0.4) is 0 Å². The third-order valence-electron chi connectivity index (χ3n) is 3.86. The van der Waals surface area contributed by atoms with Gasteiger partial charge in [-0.05, 0) is 43.2 Å². The molecule has 26 heavy (non-hydrogen) atoms. The molecular formula is C20H19FN2O2S. The van der Waals surface area contributed by atoms with Crippen LogP contribution in [0.1, 0.15) is 32.2 Å². The summed E-state index contributed by atoms with van der Waals surface area (Å²) in [4.78, 5) is 16.9. The molecule has 0 radical (unpaired) electrons. The third-order valence-corrected chi connectivity index (χ3v) is 4.69. The number of carbonyl (C=O) groups is 1. The van der Waals surface area contributed by atoms with Gasteiger partial charge in [-0.2, -0.15) is 0 Å². The number of benzene rings is 2. The fourth-order valence-corrected chi connectivity index (χ4v) is 3.03. The van der Waals surface area contributed by atoms with Crippen molar-refractivity contribution >= 4 is 17.2 Å². The van der Waals surface area contributed by atoms with Crippen molar-refractivity contribution in [2.45, 2.75) is 27.0 Å². The molecule has 0 spiro atoms. The summed E-state index contributed by atoms with van der Waals surface area (Å²) in [5.74, 6) is -0.0548. The van der Waals surface area contributed by atoms with E-state index < -0.39 is 0 Å². The number of thiazole rings is 1. The molecule has 1 heterocycles. The molecule has 0 atom stereocenters. The summed E-state index contributed by atoms with van der Waals surface area (Å²) >= 11 is 1.56. The zero-order chi connectivity index (χ0) is 18.5. The minimum absolute atomic E-state index is 0.246. The molecule has 1 amide bonds. The lowest BCUT2D eigenvalue weighted by molar-refractivity contribution is 0.0946. The molecular weight excluding hydrogens is 351 g/mol. The van der Waals surface area contributed by atoms with Gasteiger partial charge < -0.3 is 10.1 Å². The molecule has 1 N–H and O–H groups in total. The van der Waals surface area contributed by atoms with Crippen molar-refractivity contribution in [1.29, 1.82) is 0 Å². The van der Waals surface area contributed by atoms with E-state index in [1.807, 2.05) is 18.4 Å². The minimum atomic E-state index is -0.279. The summed E-state index contributed by atoms with van der Waals surface area (Å²) in [7, 11) is 0. The fraction of sp³-hybridized carbons (Fsp3) is 0.200. The highest BCUT2D eigenvalue weighted by Gasteiger charge is 2.13. The molecule has 4 nitrogen and oxygen atoms in total. The van der Waals surface area contributed by atoms with Crippen LogP contribution in [0.2, 0.25) is 0 Å². The number of hydrogen-bond donors (Lipinski definition) is 1. The van der Waals surface area contributed by atoms with Crippen LogP contribution in [0.25, 0.3) is 0 Å². The Morgan fingerprint density at radius 2 is 2.04 bits per heavy atom. The number of rotatable bonds is 6. The van der Waals surface area contributed by atoms with Crippen molar-refractivity contribution in [3.63, 3.8) is 0 Å². The Morgan fingerprint density at radius 3 is 2.77 bits per heavy atom. The SMILES string of the molecule is Cc1nc(COc2ccccc2C(=O)NCc2ccc(C)c(F)c2)cs1. The Hall–Kier alpha value is -2.73. The van der Waals surface area contributed by atoms with Crippen molar-refractivity contribution in [2.24, 2.45) is 0 Å². The van der Waals surface area contributed by atoms with E-state index in [9.17, 15) is 9.18 Å². The lowest BCUT2D eigenvalue weighted by Crippen LogP contribution is -2.23. The van der Waals surface area contributed by atoms with Crippen LogP contribution in [0.4, 0.5) is 4.39 Å². The number of halogens is 1. The van der Waals surface area contributed by atoms with Gasteiger partial charge in [0.05, 0.1) is 16.3 Å². The number of hydrogen-bond acceptors (Lipinski definition) is 4. The predicted molar refractivity (Wildman–Crippen MR) is 99.9 cm³/mol. The van der Waals surface area contributed by atoms with Crippen LogP contribution in [-0.4, -0.2) is 10.9 Å². The van der Waals surface area contributed by atoms with E-state index >= 15 is 0 Å². The maximum absolute atomic E-state index is 13.6. The van der Waals surface area contributed by atoms with Gasteiger partial charge >= 0.3 is 0 Å². The molecule has 6 heteroatoms. The number of nitrogens with one attached hydrogen (secondary N) is 1. The molecule has 0 aliphatic heterocycles. The van der Waals surface area contributed by atoms with Crippen LogP contribution in [0.15, 0.2) is 47.8 Å². The monoisotopic (exact) mass is 370 g/mol. The van der Waals surface area contributed by atoms with Crippen LogP contribution in [0.5, 0.6) is 5.75 Å². The van der Waals surface area contributed by atoms with Gasteiger partial charge in [0.15, 0.2) is 0 Å². The highest BCUT2D eigenvalue weighted by Crippen LogP contribution is 2.20. The van der Waals surface area contributed by atoms with Crippen molar-refractivity contribution in [3.05, 3.63) is 81.1 Å². The second kappa shape index (κ2) is 8.10. The molecule has 0 aliphatic rings.